The van der Waals surface area contributed by atoms with Crippen LogP contribution < -0.4 is 4.74 Å². The topological polar surface area (TPSA) is 29.5 Å². The van der Waals surface area contributed by atoms with Crippen LogP contribution in [-0.2, 0) is 0 Å². The molecule has 0 saturated heterocycles. The van der Waals surface area contributed by atoms with Crippen molar-refractivity contribution in [1.29, 1.82) is 0 Å². The highest BCUT2D eigenvalue weighted by molar-refractivity contribution is 5.94. The quantitative estimate of drug-likeness (QED) is 0.774. The number of methoxy groups -OCH3 is 1. The molecule has 1 amide bonds. The number of aryl methyl sites for hydroxylation is 1. The Hall–Kier alpha value is -1.51. The lowest BCUT2D eigenvalue weighted by Gasteiger charge is -2.22. The van der Waals surface area contributed by atoms with E-state index in [9.17, 15) is 4.79 Å². The number of hydrogen-bond donors (Lipinski definition) is 0. The molecule has 3 heteroatoms. The molecule has 0 fully saturated rings. The van der Waals surface area contributed by atoms with Gasteiger partial charge in [-0.25, -0.2) is 0 Å². The van der Waals surface area contributed by atoms with E-state index in [0.29, 0.717) is 5.56 Å². The Morgan fingerprint density at radius 2 is 1.78 bits per heavy atom. The molecule has 1 aromatic rings. The van der Waals surface area contributed by atoms with Crippen LogP contribution in [0.3, 0.4) is 0 Å². The zero-order chi connectivity index (χ0) is 13.5. The third kappa shape index (κ3) is 3.76. The number of carbonyl (C=O) groups is 1. The molecule has 100 valence electrons. The fourth-order valence-corrected chi connectivity index (χ4v) is 2.03. The van der Waals surface area contributed by atoms with Gasteiger partial charge in [-0.15, -0.1) is 0 Å². The molecule has 3 nitrogen and oxygen atoms in total. The third-order valence-electron chi connectivity index (χ3n) is 2.81. The van der Waals surface area contributed by atoms with Crippen LogP contribution in [0.4, 0.5) is 0 Å². The molecule has 0 N–H and O–H groups in total. The fourth-order valence-electron chi connectivity index (χ4n) is 2.03. The smallest absolute Gasteiger partial charge is 0.253 e. The highest BCUT2D eigenvalue weighted by Gasteiger charge is 2.15. The molecule has 0 heterocycles. The Labute approximate surface area is 110 Å². The Kier molecular flexibility index (Phi) is 5.69. The number of ether oxygens (including phenoxy) is 1. The van der Waals surface area contributed by atoms with E-state index in [4.69, 9.17) is 4.74 Å². The molecular weight excluding hydrogens is 226 g/mol. The summed E-state index contributed by atoms with van der Waals surface area (Å²) >= 11 is 0. The lowest BCUT2D eigenvalue weighted by atomic mass is 10.1. The zero-order valence-corrected chi connectivity index (χ0v) is 11.8. The van der Waals surface area contributed by atoms with Gasteiger partial charge in [-0.2, -0.15) is 0 Å². The number of nitrogens with zero attached hydrogens (tertiary/aromatic N) is 1. The van der Waals surface area contributed by atoms with Gasteiger partial charge in [0.2, 0.25) is 0 Å². The van der Waals surface area contributed by atoms with Crippen LogP contribution in [0.5, 0.6) is 5.75 Å². The van der Waals surface area contributed by atoms with Crippen molar-refractivity contribution >= 4 is 5.91 Å². The van der Waals surface area contributed by atoms with Crippen molar-refractivity contribution in [3.05, 3.63) is 29.3 Å². The summed E-state index contributed by atoms with van der Waals surface area (Å²) in [7, 11) is 1.62. The van der Waals surface area contributed by atoms with Gasteiger partial charge in [-0.05, 0) is 43.5 Å². The minimum absolute atomic E-state index is 0.0979. The van der Waals surface area contributed by atoms with Gasteiger partial charge in [-0.1, -0.05) is 13.8 Å². The Morgan fingerprint density at radius 3 is 2.28 bits per heavy atom. The average Bonchev–Trinajstić information content (AvgIpc) is 2.36. The number of rotatable bonds is 6. The Balaban J connectivity index is 2.96. The van der Waals surface area contributed by atoms with Gasteiger partial charge in [0, 0.05) is 18.7 Å². The molecule has 0 aliphatic heterocycles. The second-order valence-corrected chi connectivity index (χ2v) is 4.53. The van der Waals surface area contributed by atoms with E-state index in [2.05, 4.69) is 13.8 Å². The van der Waals surface area contributed by atoms with E-state index in [-0.39, 0.29) is 5.91 Å². The van der Waals surface area contributed by atoms with E-state index in [1.165, 1.54) is 0 Å². The first kappa shape index (κ1) is 14.6. The average molecular weight is 249 g/mol. The van der Waals surface area contributed by atoms with Crippen molar-refractivity contribution in [2.24, 2.45) is 0 Å². The van der Waals surface area contributed by atoms with Gasteiger partial charge < -0.3 is 9.64 Å². The summed E-state index contributed by atoms with van der Waals surface area (Å²) in [6.45, 7) is 7.77. The van der Waals surface area contributed by atoms with E-state index >= 15 is 0 Å². The summed E-state index contributed by atoms with van der Waals surface area (Å²) in [5.41, 5.74) is 1.76. The number of amides is 1. The van der Waals surface area contributed by atoms with Gasteiger partial charge >= 0.3 is 0 Å². The molecule has 0 saturated carbocycles. The summed E-state index contributed by atoms with van der Waals surface area (Å²) in [5, 5.41) is 0. The standard InChI is InChI=1S/C15H23NO2/c1-5-7-16(8-6-2)15(17)13-9-12(3)10-14(11-13)18-4/h9-11H,5-8H2,1-4H3. The molecule has 0 unspecified atom stereocenters. The Morgan fingerprint density at radius 1 is 1.17 bits per heavy atom. The molecule has 0 atom stereocenters. The van der Waals surface area contributed by atoms with Crippen molar-refractivity contribution in [1.82, 2.24) is 4.90 Å². The molecule has 0 aliphatic rings. The van der Waals surface area contributed by atoms with Crippen molar-refractivity contribution in [2.45, 2.75) is 33.6 Å². The van der Waals surface area contributed by atoms with Gasteiger partial charge in [0.05, 0.1) is 7.11 Å². The largest absolute Gasteiger partial charge is 0.497 e. The van der Waals surface area contributed by atoms with Crippen LogP contribution in [0.1, 0.15) is 42.6 Å². The maximum absolute atomic E-state index is 12.4. The molecule has 0 radical (unpaired) electrons. The van der Waals surface area contributed by atoms with Crippen LogP contribution in [0, 0.1) is 6.92 Å². The van der Waals surface area contributed by atoms with E-state index in [1.54, 1.807) is 7.11 Å². The number of hydrogen-bond acceptors (Lipinski definition) is 2. The monoisotopic (exact) mass is 249 g/mol. The van der Waals surface area contributed by atoms with Crippen molar-refractivity contribution < 1.29 is 9.53 Å². The second-order valence-electron chi connectivity index (χ2n) is 4.53. The first-order valence-corrected chi connectivity index (χ1v) is 6.57. The van der Waals surface area contributed by atoms with E-state index < -0.39 is 0 Å². The summed E-state index contributed by atoms with van der Waals surface area (Å²) < 4.78 is 5.21. The molecule has 1 rings (SSSR count). The Bertz CT molecular complexity index is 395. The van der Waals surface area contributed by atoms with E-state index in [1.807, 2.05) is 30.0 Å². The number of carbonyl (C=O) groups excluding carboxylic acids is 1. The maximum atomic E-state index is 12.4. The lowest BCUT2D eigenvalue weighted by molar-refractivity contribution is 0.0755. The van der Waals surface area contributed by atoms with Crippen LogP contribution >= 0.6 is 0 Å². The van der Waals surface area contributed by atoms with Crippen LogP contribution in [-0.4, -0.2) is 31.0 Å². The predicted octanol–water partition coefficient (Wildman–Crippen LogP) is 3.27. The molecule has 18 heavy (non-hydrogen) atoms. The zero-order valence-electron chi connectivity index (χ0n) is 11.8. The van der Waals surface area contributed by atoms with Crippen LogP contribution in [0.15, 0.2) is 18.2 Å². The first-order chi connectivity index (χ1) is 8.62. The van der Waals surface area contributed by atoms with Gasteiger partial charge in [0.1, 0.15) is 5.75 Å². The predicted molar refractivity (Wildman–Crippen MR) is 74.2 cm³/mol. The van der Waals surface area contributed by atoms with Crippen molar-refractivity contribution in [3.8, 4) is 5.75 Å². The molecule has 0 aromatic heterocycles. The summed E-state index contributed by atoms with van der Waals surface area (Å²) in [6.07, 6.45) is 1.96. The number of benzene rings is 1. The molecule has 0 bridgehead atoms. The van der Waals surface area contributed by atoms with Crippen LogP contribution in [0.25, 0.3) is 0 Å². The third-order valence-corrected chi connectivity index (χ3v) is 2.81. The maximum Gasteiger partial charge on any atom is 0.253 e. The normalized spacial score (nSPS) is 10.2. The molecule has 1 aromatic carbocycles. The van der Waals surface area contributed by atoms with Gasteiger partial charge in [0.25, 0.3) is 5.91 Å². The van der Waals surface area contributed by atoms with Gasteiger partial charge in [0.15, 0.2) is 0 Å². The van der Waals surface area contributed by atoms with Crippen molar-refractivity contribution in [2.75, 3.05) is 20.2 Å². The highest BCUT2D eigenvalue weighted by Crippen LogP contribution is 2.18. The lowest BCUT2D eigenvalue weighted by Crippen LogP contribution is -2.32. The van der Waals surface area contributed by atoms with E-state index in [0.717, 1.165) is 37.2 Å². The van der Waals surface area contributed by atoms with Crippen molar-refractivity contribution in [3.63, 3.8) is 0 Å². The molecule has 0 aliphatic carbocycles. The fraction of sp³-hybridized carbons (Fsp3) is 0.533. The minimum Gasteiger partial charge on any atom is -0.497 e. The van der Waals surface area contributed by atoms with Crippen LogP contribution in [0.2, 0.25) is 0 Å². The van der Waals surface area contributed by atoms with Gasteiger partial charge in [-0.3, -0.25) is 4.79 Å². The summed E-state index contributed by atoms with van der Waals surface area (Å²) in [4.78, 5) is 14.3. The highest BCUT2D eigenvalue weighted by atomic mass is 16.5. The molecular formula is C15H23NO2. The minimum atomic E-state index is 0.0979. The second kappa shape index (κ2) is 7.04. The SMILES string of the molecule is CCCN(CCC)C(=O)c1cc(C)cc(OC)c1. The summed E-state index contributed by atoms with van der Waals surface area (Å²) in [6, 6.07) is 5.66. The summed E-state index contributed by atoms with van der Waals surface area (Å²) in [5.74, 6) is 0.840. The first-order valence-electron chi connectivity index (χ1n) is 6.57. The molecule has 0 spiro atoms.